The van der Waals surface area contributed by atoms with E-state index in [1.807, 2.05) is 24.9 Å². The molecule has 1 aliphatic rings. The molecule has 0 bridgehead atoms. The molecule has 3 rings (SSSR count). The molecule has 1 N–H and O–H groups in total. The van der Waals surface area contributed by atoms with Gasteiger partial charge in [0.25, 0.3) is 0 Å². The Morgan fingerprint density at radius 2 is 2.23 bits per heavy atom. The van der Waals surface area contributed by atoms with E-state index in [0.717, 1.165) is 24.5 Å². The summed E-state index contributed by atoms with van der Waals surface area (Å²) in [6, 6.07) is 4.17. The summed E-state index contributed by atoms with van der Waals surface area (Å²) in [6.45, 7) is 6.93. The van der Waals surface area contributed by atoms with Crippen molar-refractivity contribution in [2.45, 2.75) is 39.3 Å². The number of nitrogens with zero attached hydrogens (tertiary/aromatic N) is 3. The standard InChI is InChI=1S/C16H22N4OS/c1-10-6-8-22-15(10)12(3)17-13-5-7-20(16(13)21)14-9-11(2)18-19(14)4/h6,8-9,12-13,17H,5,7H2,1-4H3. The molecule has 0 aliphatic carbocycles. The molecule has 0 saturated carbocycles. The van der Waals surface area contributed by atoms with Gasteiger partial charge in [0.15, 0.2) is 0 Å². The van der Waals surface area contributed by atoms with Crippen LogP contribution in [0.25, 0.3) is 0 Å². The van der Waals surface area contributed by atoms with Crippen LogP contribution < -0.4 is 10.2 Å². The highest BCUT2D eigenvalue weighted by molar-refractivity contribution is 7.10. The van der Waals surface area contributed by atoms with Gasteiger partial charge in [-0.3, -0.25) is 19.7 Å². The number of nitrogens with one attached hydrogen (secondary N) is 1. The first-order valence-corrected chi connectivity index (χ1v) is 8.47. The van der Waals surface area contributed by atoms with Gasteiger partial charge in [0.1, 0.15) is 5.82 Å². The third-order valence-corrected chi connectivity index (χ3v) is 5.41. The quantitative estimate of drug-likeness (QED) is 0.942. The molecular formula is C16H22N4OS. The average molecular weight is 318 g/mol. The molecule has 1 fully saturated rings. The lowest BCUT2D eigenvalue weighted by Gasteiger charge is -2.20. The fourth-order valence-electron chi connectivity index (χ4n) is 3.12. The van der Waals surface area contributed by atoms with Crippen molar-refractivity contribution in [3.63, 3.8) is 0 Å². The Balaban J connectivity index is 1.71. The highest BCUT2D eigenvalue weighted by Crippen LogP contribution is 2.27. The molecule has 0 spiro atoms. The Morgan fingerprint density at radius 3 is 2.82 bits per heavy atom. The normalized spacial score (nSPS) is 19.9. The summed E-state index contributed by atoms with van der Waals surface area (Å²) in [7, 11) is 1.88. The summed E-state index contributed by atoms with van der Waals surface area (Å²) in [5.41, 5.74) is 2.22. The lowest BCUT2D eigenvalue weighted by molar-refractivity contribution is -0.119. The third kappa shape index (κ3) is 2.68. The van der Waals surface area contributed by atoms with Crippen LogP contribution >= 0.6 is 11.3 Å². The van der Waals surface area contributed by atoms with Crippen LogP contribution in [0.5, 0.6) is 0 Å². The number of aromatic nitrogens is 2. The molecule has 118 valence electrons. The van der Waals surface area contributed by atoms with Gasteiger partial charge in [-0.15, -0.1) is 11.3 Å². The third-order valence-electron chi connectivity index (χ3n) is 4.21. The number of thiophene rings is 1. The second-order valence-corrected chi connectivity index (χ2v) is 6.90. The van der Waals surface area contributed by atoms with Gasteiger partial charge in [0, 0.05) is 30.6 Å². The Kier molecular flexibility index (Phi) is 4.06. The van der Waals surface area contributed by atoms with E-state index in [0.29, 0.717) is 0 Å². The molecule has 22 heavy (non-hydrogen) atoms. The second-order valence-electron chi connectivity index (χ2n) is 5.95. The van der Waals surface area contributed by atoms with Gasteiger partial charge < -0.3 is 0 Å². The molecule has 3 heterocycles. The molecule has 0 aromatic carbocycles. The van der Waals surface area contributed by atoms with Crippen LogP contribution in [0, 0.1) is 13.8 Å². The molecule has 6 heteroatoms. The first-order chi connectivity index (χ1) is 10.5. The number of anilines is 1. The highest BCUT2D eigenvalue weighted by atomic mass is 32.1. The van der Waals surface area contributed by atoms with E-state index in [1.54, 1.807) is 16.0 Å². The van der Waals surface area contributed by atoms with E-state index in [-0.39, 0.29) is 18.0 Å². The van der Waals surface area contributed by atoms with Crippen LogP contribution in [0.15, 0.2) is 17.5 Å². The molecule has 2 aromatic rings. The SMILES string of the molecule is Cc1cc(N2CCC(NC(C)c3sccc3C)C2=O)n(C)n1. The van der Waals surface area contributed by atoms with Crippen molar-refractivity contribution in [2.75, 3.05) is 11.4 Å². The Bertz CT molecular complexity index is 690. The van der Waals surface area contributed by atoms with Crippen LogP contribution in [-0.2, 0) is 11.8 Å². The van der Waals surface area contributed by atoms with Crippen molar-refractivity contribution in [1.82, 2.24) is 15.1 Å². The van der Waals surface area contributed by atoms with Crippen LogP contribution in [0.1, 0.15) is 35.5 Å². The van der Waals surface area contributed by atoms with Crippen molar-refractivity contribution in [1.29, 1.82) is 0 Å². The minimum absolute atomic E-state index is 0.119. The number of carbonyl (C=O) groups excluding carboxylic acids is 1. The molecule has 5 nitrogen and oxygen atoms in total. The predicted molar refractivity (Wildman–Crippen MR) is 89.3 cm³/mol. The first kappa shape index (κ1) is 15.2. The highest BCUT2D eigenvalue weighted by Gasteiger charge is 2.35. The fraction of sp³-hybridized carbons (Fsp3) is 0.500. The average Bonchev–Trinajstić information content (AvgIpc) is 3.12. The molecule has 2 atom stereocenters. The Hall–Kier alpha value is -1.66. The number of rotatable bonds is 4. The van der Waals surface area contributed by atoms with Gasteiger partial charge in [-0.25, -0.2) is 0 Å². The van der Waals surface area contributed by atoms with Gasteiger partial charge in [0.2, 0.25) is 5.91 Å². The Morgan fingerprint density at radius 1 is 1.45 bits per heavy atom. The summed E-state index contributed by atoms with van der Waals surface area (Å²) in [4.78, 5) is 15.8. The zero-order valence-corrected chi connectivity index (χ0v) is 14.3. The predicted octanol–water partition coefficient (Wildman–Crippen LogP) is 2.55. The molecule has 0 radical (unpaired) electrons. The number of hydrogen-bond acceptors (Lipinski definition) is 4. The zero-order valence-electron chi connectivity index (χ0n) is 13.5. The smallest absolute Gasteiger partial charge is 0.245 e. The molecule has 2 aromatic heterocycles. The fourth-order valence-corrected chi connectivity index (χ4v) is 4.06. The van der Waals surface area contributed by atoms with Crippen molar-refractivity contribution in [2.24, 2.45) is 7.05 Å². The molecule has 2 unspecified atom stereocenters. The number of carbonyl (C=O) groups is 1. The van der Waals surface area contributed by atoms with Crippen molar-refractivity contribution in [3.05, 3.63) is 33.6 Å². The lowest BCUT2D eigenvalue weighted by Crippen LogP contribution is -2.40. The van der Waals surface area contributed by atoms with Crippen molar-refractivity contribution in [3.8, 4) is 0 Å². The maximum atomic E-state index is 12.7. The second kappa shape index (κ2) is 5.85. The van der Waals surface area contributed by atoms with Gasteiger partial charge in [-0.1, -0.05) is 0 Å². The summed E-state index contributed by atoms with van der Waals surface area (Å²) in [6.07, 6.45) is 0.831. The lowest BCUT2D eigenvalue weighted by atomic mass is 10.1. The minimum atomic E-state index is -0.119. The number of aryl methyl sites for hydroxylation is 3. The summed E-state index contributed by atoms with van der Waals surface area (Å²) in [5, 5.41) is 9.92. The minimum Gasteiger partial charge on any atom is -0.298 e. The maximum absolute atomic E-state index is 12.7. The van der Waals surface area contributed by atoms with Crippen LogP contribution in [0.3, 0.4) is 0 Å². The summed E-state index contributed by atoms with van der Waals surface area (Å²) >= 11 is 1.74. The van der Waals surface area contributed by atoms with E-state index in [1.165, 1.54) is 10.4 Å². The van der Waals surface area contributed by atoms with Crippen LogP contribution in [-0.4, -0.2) is 28.3 Å². The van der Waals surface area contributed by atoms with E-state index in [9.17, 15) is 4.79 Å². The number of amides is 1. The van der Waals surface area contributed by atoms with Gasteiger partial charge >= 0.3 is 0 Å². The summed E-state index contributed by atoms with van der Waals surface area (Å²) < 4.78 is 1.78. The molecular weight excluding hydrogens is 296 g/mol. The first-order valence-electron chi connectivity index (χ1n) is 7.59. The van der Waals surface area contributed by atoms with Crippen molar-refractivity contribution < 1.29 is 4.79 Å². The van der Waals surface area contributed by atoms with Gasteiger partial charge in [-0.2, -0.15) is 5.10 Å². The van der Waals surface area contributed by atoms with Gasteiger partial charge in [0.05, 0.1) is 11.7 Å². The Labute approximate surface area is 134 Å². The molecule has 1 amide bonds. The molecule has 1 aliphatic heterocycles. The van der Waals surface area contributed by atoms with E-state index in [2.05, 4.69) is 35.7 Å². The number of hydrogen-bond donors (Lipinski definition) is 1. The summed E-state index contributed by atoms with van der Waals surface area (Å²) in [5.74, 6) is 1.02. The topological polar surface area (TPSA) is 50.2 Å². The monoisotopic (exact) mass is 318 g/mol. The van der Waals surface area contributed by atoms with Crippen molar-refractivity contribution >= 4 is 23.1 Å². The van der Waals surface area contributed by atoms with E-state index >= 15 is 0 Å². The van der Waals surface area contributed by atoms with Crippen LogP contribution in [0.4, 0.5) is 5.82 Å². The largest absolute Gasteiger partial charge is 0.298 e. The zero-order chi connectivity index (χ0) is 15.9. The van der Waals surface area contributed by atoms with E-state index < -0.39 is 0 Å². The van der Waals surface area contributed by atoms with Gasteiger partial charge in [-0.05, 0) is 44.2 Å². The van der Waals surface area contributed by atoms with Crippen LogP contribution in [0.2, 0.25) is 0 Å². The maximum Gasteiger partial charge on any atom is 0.245 e. The molecule has 1 saturated heterocycles. The van der Waals surface area contributed by atoms with E-state index in [4.69, 9.17) is 0 Å².